The summed E-state index contributed by atoms with van der Waals surface area (Å²) < 4.78 is 5.93. The van der Waals surface area contributed by atoms with E-state index in [4.69, 9.17) is 4.74 Å². The number of carbonyl (C=O) groups is 1. The number of allylic oxidation sites excluding steroid dienone is 1. The predicted molar refractivity (Wildman–Crippen MR) is 91.7 cm³/mol. The standard InChI is InChI=1S/C19H15BrO2/c20-10-18(21)14-5-6-16-15(7-14)11-22-19-9-13-4-2-1-3-12(13)8-17(16)19/h2,4-9H,1,3,10-11H2. The van der Waals surface area contributed by atoms with E-state index in [1.807, 2.05) is 12.1 Å². The highest BCUT2D eigenvalue weighted by atomic mass is 79.9. The number of alkyl halides is 1. The van der Waals surface area contributed by atoms with E-state index in [-0.39, 0.29) is 5.78 Å². The van der Waals surface area contributed by atoms with Crippen molar-refractivity contribution in [3.63, 3.8) is 0 Å². The normalized spacial score (nSPS) is 14.6. The van der Waals surface area contributed by atoms with E-state index in [1.165, 1.54) is 16.7 Å². The molecule has 2 aliphatic rings. The molecule has 0 aromatic heterocycles. The van der Waals surface area contributed by atoms with E-state index >= 15 is 0 Å². The molecule has 2 nitrogen and oxygen atoms in total. The molecule has 110 valence electrons. The third-order valence-corrected chi connectivity index (χ3v) is 4.85. The van der Waals surface area contributed by atoms with Crippen LogP contribution in [0.3, 0.4) is 0 Å². The summed E-state index contributed by atoms with van der Waals surface area (Å²) in [6.45, 7) is 0.522. The number of benzene rings is 2. The van der Waals surface area contributed by atoms with E-state index in [2.05, 4.69) is 46.3 Å². The summed E-state index contributed by atoms with van der Waals surface area (Å²) in [6.07, 6.45) is 6.56. The van der Waals surface area contributed by atoms with Crippen LogP contribution in [0.4, 0.5) is 0 Å². The number of rotatable bonds is 2. The lowest BCUT2D eigenvalue weighted by molar-refractivity contribution is 0.102. The summed E-state index contributed by atoms with van der Waals surface area (Å²) in [5, 5.41) is 0.350. The van der Waals surface area contributed by atoms with E-state index in [0.717, 1.165) is 35.3 Å². The lowest BCUT2D eigenvalue weighted by Crippen LogP contribution is -2.09. The number of ether oxygens (including phenoxy) is 1. The van der Waals surface area contributed by atoms with Crippen LogP contribution in [0.15, 0.2) is 36.4 Å². The number of hydrogen-bond donors (Lipinski definition) is 0. The Hall–Kier alpha value is -1.87. The zero-order valence-electron chi connectivity index (χ0n) is 12.1. The smallest absolute Gasteiger partial charge is 0.173 e. The zero-order chi connectivity index (χ0) is 15.1. The highest BCUT2D eigenvalue weighted by molar-refractivity contribution is 9.09. The van der Waals surface area contributed by atoms with Crippen molar-refractivity contribution >= 4 is 27.8 Å². The van der Waals surface area contributed by atoms with E-state index in [1.54, 1.807) is 0 Å². The number of halogens is 1. The van der Waals surface area contributed by atoms with Gasteiger partial charge in [-0.2, -0.15) is 0 Å². The van der Waals surface area contributed by atoms with Gasteiger partial charge < -0.3 is 4.74 Å². The van der Waals surface area contributed by atoms with Gasteiger partial charge in [-0.05, 0) is 53.3 Å². The fourth-order valence-corrected chi connectivity index (χ4v) is 3.50. The third-order valence-electron chi connectivity index (χ3n) is 4.34. The van der Waals surface area contributed by atoms with Crippen molar-refractivity contribution in [2.24, 2.45) is 0 Å². The Labute approximate surface area is 137 Å². The molecule has 1 heterocycles. The fraction of sp³-hybridized carbons (Fsp3) is 0.211. The van der Waals surface area contributed by atoms with E-state index < -0.39 is 0 Å². The number of hydrogen-bond acceptors (Lipinski definition) is 2. The van der Waals surface area contributed by atoms with Crippen molar-refractivity contribution < 1.29 is 9.53 Å². The van der Waals surface area contributed by atoms with Crippen molar-refractivity contribution in [2.75, 3.05) is 5.33 Å². The van der Waals surface area contributed by atoms with Gasteiger partial charge in [0.1, 0.15) is 12.4 Å². The predicted octanol–water partition coefficient (Wildman–Crippen LogP) is 4.78. The van der Waals surface area contributed by atoms with Crippen LogP contribution in [0.5, 0.6) is 5.75 Å². The van der Waals surface area contributed by atoms with E-state index in [0.29, 0.717) is 11.9 Å². The Morgan fingerprint density at radius 1 is 1.14 bits per heavy atom. The monoisotopic (exact) mass is 354 g/mol. The first-order chi connectivity index (χ1) is 10.8. The van der Waals surface area contributed by atoms with Crippen LogP contribution < -0.4 is 4.74 Å². The Bertz CT molecular complexity index is 805. The summed E-state index contributed by atoms with van der Waals surface area (Å²) in [7, 11) is 0. The largest absolute Gasteiger partial charge is 0.488 e. The van der Waals surface area contributed by atoms with Crippen LogP contribution in [-0.4, -0.2) is 11.1 Å². The number of ketones is 1. The molecule has 0 unspecified atom stereocenters. The van der Waals surface area contributed by atoms with Crippen LogP contribution in [0.2, 0.25) is 0 Å². The molecule has 0 spiro atoms. The van der Waals surface area contributed by atoms with Crippen molar-refractivity contribution in [3.05, 3.63) is 58.7 Å². The van der Waals surface area contributed by atoms with Crippen LogP contribution in [0.25, 0.3) is 17.2 Å². The van der Waals surface area contributed by atoms with Crippen molar-refractivity contribution in [2.45, 2.75) is 19.4 Å². The molecule has 0 amide bonds. The maximum absolute atomic E-state index is 11.8. The SMILES string of the molecule is O=C(CBr)c1ccc2c(c1)COc1cc3c(cc1-2)CCC=C3. The minimum atomic E-state index is 0.101. The minimum Gasteiger partial charge on any atom is -0.488 e. The lowest BCUT2D eigenvalue weighted by Gasteiger charge is -2.24. The van der Waals surface area contributed by atoms with Crippen LogP contribution in [0, 0.1) is 0 Å². The van der Waals surface area contributed by atoms with Gasteiger partial charge in [0.05, 0.1) is 5.33 Å². The molecule has 0 saturated heterocycles. The molecule has 2 aromatic carbocycles. The van der Waals surface area contributed by atoms with Crippen LogP contribution in [-0.2, 0) is 13.0 Å². The van der Waals surface area contributed by atoms with Gasteiger partial charge in [-0.25, -0.2) is 0 Å². The van der Waals surface area contributed by atoms with Gasteiger partial charge >= 0.3 is 0 Å². The maximum Gasteiger partial charge on any atom is 0.173 e. The van der Waals surface area contributed by atoms with Gasteiger partial charge in [0.2, 0.25) is 0 Å². The molecule has 0 saturated carbocycles. The van der Waals surface area contributed by atoms with Gasteiger partial charge in [-0.1, -0.05) is 40.2 Å². The Morgan fingerprint density at radius 2 is 2.05 bits per heavy atom. The number of fused-ring (bicyclic) bond motifs is 4. The molecule has 4 rings (SSSR count). The average Bonchev–Trinajstić information content (AvgIpc) is 2.58. The molecule has 0 fully saturated rings. The molecular formula is C19H15BrO2. The van der Waals surface area contributed by atoms with Crippen molar-refractivity contribution in [1.29, 1.82) is 0 Å². The number of Topliss-reactive ketones (excluding diaryl/α,β-unsaturated/α-hetero) is 1. The van der Waals surface area contributed by atoms with E-state index in [9.17, 15) is 4.79 Å². The summed E-state index contributed by atoms with van der Waals surface area (Å²) in [4.78, 5) is 11.8. The molecule has 1 aliphatic carbocycles. The average molecular weight is 355 g/mol. The molecule has 2 aromatic rings. The highest BCUT2D eigenvalue weighted by Gasteiger charge is 2.21. The molecular weight excluding hydrogens is 340 g/mol. The second-order valence-electron chi connectivity index (χ2n) is 5.71. The lowest BCUT2D eigenvalue weighted by atomic mass is 9.89. The summed E-state index contributed by atoms with van der Waals surface area (Å²) in [6, 6.07) is 10.3. The van der Waals surface area contributed by atoms with Crippen LogP contribution >= 0.6 is 15.9 Å². The van der Waals surface area contributed by atoms with Gasteiger partial charge in [0.15, 0.2) is 5.78 Å². The second kappa shape index (κ2) is 5.40. The van der Waals surface area contributed by atoms with Crippen molar-refractivity contribution in [1.82, 2.24) is 0 Å². The topological polar surface area (TPSA) is 26.3 Å². The molecule has 0 bridgehead atoms. The van der Waals surface area contributed by atoms with Crippen LogP contribution in [0.1, 0.15) is 33.5 Å². The first kappa shape index (κ1) is 13.8. The molecule has 0 N–H and O–H groups in total. The van der Waals surface area contributed by atoms with Gasteiger partial charge in [0.25, 0.3) is 0 Å². The summed E-state index contributed by atoms with van der Waals surface area (Å²) in [5.74, 6) is 1.04. The first-order valence-electron chi connectivity index (χ1n) is 7.45. The summed E-state index contributed by atoms with van der Waals surface area (Å²) >= 11 is 3.23. The third kappa shape index (κ3) is 2.20. The van der Waals surface area contributed by atoms with Crippen molar-refractivity contribution in [3.8, 4) is 16.9 Å². The van der Waals surface area contributed by atoms with Gasteiger partial charge in [-0.3, -0.25) is 4.79 Å². The Kier molecular flexibility index (Phi) is 3.38. The Morgan fingerprint density at radius 3 is 2.91 bits per heavy atom. The molecule has 1 aliphatic heterocycles. The molecule has 22 heavy (non-hydrogen) atoms. The second-order valence-corrected chi connectivity index (χ2v) is 6.27. The minimum absolute atomic E-state index is 0.101. The quantitative estimate of drug-likeness (QED) is 0.572. The Balaban J connectivity index is 1.84. The van der Waals surface area contributed by atoms with Gasteiger partial charge in [0, 0.05) is 11.1 Å². The molecule has 3 heteroatoms. The zero-order valence-corrected chi connectivity index (χ0v) is 13.7. The summed E-state index contributed by atoms with van der Waals surface area (Å²) in [5.41, 5.74) is 6.80. The number of aryl methyl sites for hydroxylation is 1. The number of carbonyl (C=O) groups excluding carboxylic acids is 1. The van der Waals surface area contributed by atoms with Gasteiger partial charge in [-0.15, -0.1) is 0 Å². The fourth-order valence-electron chi connectivity index (χ4n) is 3.17. The molecule has 0 radical (unpaired) electrons. The highest BCUT2D eigenvalue weighted by Crippen LogP contribution is 2.40. The maximum atomic E-state index is 11.8. The molecule has 0 atom stereocenters. The first-order valence-corrected chi connectivity index (χ1v) is 8.57.